The summed E-state index contributed by atoms with van der Waals surface area (Å²) >= 11 is 0. The van der Waals surface area contributed by atoms with Crippen LogP contribution in [0.1, 0.15) is 41.6 Å². The molecule has 0 radical (unpaired) electrons. The molecule has 2 rings (SSSR count). The molecule has 0 bridgehead atoms. The van der Waals surface area contributed by atoms with Crippen LogP contribution in [-0.2, 0) is 4.79 Å². The van der Waals surface area contributed by atoms with Gasteiger partial charge in [-0.15, -0.1) is 0 Å². The van der Waals surface area contributed by atoms with E-state index in [9.17, 15) is 14.0 Å². The molecule has 1 saturated carbocycles. The zero-order chi connectivity index (χ0) is 12.4. The Labute approximate surface area is 99.8 Å². The molecule has 1 fully saturated rings. The Morgan fingerprint density at radius 3 is 2.88 bits per heavy atom. The zero-order valence-electron chi connectivity index (χ0n) is 9.83. The smallest absolute Gasteiger partial charge is 0.169 e. The molecule has 0 heterocycles. The van der Waals surface area contributed by atoms with Gasteiger partial charge in [-0.3, -0.25) is 9.59 Å². The number of aryl methyl sites for hydroxylation is 1. The first-order valence-electron chi connectivity index (χ1n) is 5.90. The highest BCUT2D eigenvalue weighted by Crippen LogP contribution is 2.26. The summed E-state index contributed by atoms with van der Waals surface area (Å²) < 4.78 is 13.6. The van der Waals surface area contributed by atoms with Crippen LogP contribution in [0.3, 0.4) is 0 Å². The van der Waals surface area contributed by atoms with E-state index in [1.165, 1.54) is 6.07 Å². The fourth-order valence-corrected chi connectivity index (χ4v) is 2.30. The summed E-state index contributed by atoms with van der Waals surface area (Å²) in [6, 6.07) is 4.52. The average molecular weight is 234 g/mol. The van der Waals surface area contributed by atoms with E-state index in [-0.39, 0.29) is 29.5 Å². The Kier molecular flexibility index (Phi) is 3.36. The van der Waals surface area contributed by atoms with Crippen molar-refractivity contribution in [3.8, 4) is 0 Å². The van der Waals surface area contributed by atoms with Gasteiger partial charge >= 0.3 is 0 Å². The third-order valence-electron chi connectivity index (χ3n) is 3.24. The van der Waals surface area contributed by atoms with Gasteiger partial charge in [-0.1, -0.05) is 11.6 Å². The van der Waals surface area contributed by atoms with Crippen LogP contribution in [0.5, 0.6) is 0 Å². The number of benzene rings is 1. The quantitative estimate of drug-likeness (QED) is 0.737. The van der Waals surface area contributed by atoms with Gasteiger partial charge in [0.25, 0.3) is 0 Å². The number of carbonyl (C=O) groups is 2. The molecule has 1 unspecified atom stereocenters. The van der Waals surface area contributed by atoms with Gasteiger partial charge in [-0.05, 0) is 31.9 Å². The molecule has 0 saturated heterocycles. The second-order valence-corrected chi connectivity index (χ2v) is 4.68. The average Bonchev–Trinajstić information content (AvgIpc) is 2.31. The number of hydrogen-bond acceptors (Lipinski definition) is 2. The number of carbonyl (C=O) groups excluding carboxylic acids is 2. The molecule has 1 atom stereocenters. The normalized spacial score (nSPS) is 20.4. The van der Waals surface area contributed by atoms with Crippen LogP contribution in [0.25, 0.3) is 0 Å². The van der Waals surface area contributed by atoms with Crippen LogP contribution in [0.15, 0.2) is 18.2 Å². The molecule has 0 aliphatic heterocycles. The lowest BCUT2D eigenvalue weighted by Gasteiger charge is -2.19. The summed E-state index contributed by atoms with van der Waals surface area (Å²) in [6.45, 7) is 1.82. The van der Waals surface area contributed by atoms with Crippen LogP contribution in [0, 0.1) is 18.7 Å². The van der Waals surface area contributed by atoms with Gasteiger partial charge in [0, 0.05) is 18.8 Å². The fraction of sp³-hybridized carbons (Fsp3) is 0.429. The number of hydrogen-bond donors (Lipinski definition) is 0. The van der Waals surface area contributed by atoms with E-state index >= 15 is 0 Å². The molecule has 0 amide bonds. The van der Waals surface area contributed by atoms with Crippen molar-refractivity contribution >= 4 is 11.6 Å². The highest BCUT2D eigenvalue weighted by atomic mass is 19.1. The molecule has 1 aromatic carbocycles. The lowest BCUT2D eigenvalue weighted by atomic mass is 9.83. The summed E-state index contributed by atoms with van der Waals surface area (Å²) in [5.41, 5.74) is 0.988. The zero-order valence-corrected chi connectivity index (χ0v) is 9.83. The Bertz CT molecular complexity index is 465. The minimum Gasteiger partial charge on any atom is -0.300 e. The van der Waals surface area contributed by atoms with Gasteiger partial charge in [0.2, 0.25) is 0 Å². The van der Waals surface area contributed by atoms with Crippen LogP contribution >= 0.6 is 0 Å². The van der Waals surface area contributed by atoms with Gasteiger partial charge in [0.05, 0.1) is 5.56 Å². The van der Waals surface area contributed by atoms with Gasteiger partial charge in [0.1, 0.15) is 11.6 Å². The van der Waals surface area contributed by atoms with Crippen molar-refractivity contribution < 1.29 is 14.0 Å². The Hall–Kier alpha value is -1.51. The molecule has 1 aliphatic carbocycles. The maximum Gasteiger partial charge on any atom is 0.169 e. The van der Waals surface area contributed by atoms with Crippen LogP contribution < -0.4 is 0 Å². The number of halogens is 1. The predicted molar refractivity (Wildman–Crippen MR) is 62.4 cm³/mol. The van der Waals surface area contributed by atoms with Crippen LogP contribution in [0.4, 0.5) is 4.39 Å². The van der Waals surface area contributed by atoms with Crippen molar-refractivity contribution in [2.45, 2.75) is 32.6 Å². The topological polar surface area (TPSA) is 34.1 Å². The van der Waals surface area contributed by atoms with Crippen molar-refractivity contribution in [1.29, 1.82) is 0 Å². The molecule has 3 heteroatoms. The van der Waals surface area contributed by atoms with Crippen molar-refractivity contribution in [3.05, 3.63) is 35.1 Å². The van der Waals surface area contributed by atoms with E-state index in [1.807, 2.05) is 6.92 Å². The fourth-order valence-electron chi connectivity index (χ4n) is 2.30. The van der Waals surface area contributed by atoms with Gasteiger partial charge in [-0.25, -0.2) is 4.39 Å². The highest BCUT2D eigenvalue weighted by Gasteiger charge is 2.27. The van der Waals surface area contributed by atoms with Crippen molar-refractivity contribution in [2.75, 3.05) is 0 Å². The molecule has 0 aromatic heterocycles. The molecule has 1 aliphatic rings. The van der Waals surface area contributed by atoms with E-state index in [2.05, 4.69) is 0 Å². The number of ketones is 2. The predicted octanol–water partition coefficient (Wildman–Crippen LogP) is 3.08. The summed E-state index contributed by atoms with van der Waals surface area (Å²) in [7, 11) is 0. The Morgan fingerprint density at radius 1 is 1.41 bits per heavy atom. The second-order valence-electron chi connectivity index (χ2n) is 4.68. The second kappa shape index (κ2) is 4.78. The Balaban J connectivity index is 2.24. The maximum absolute atomic E-state index is 13.6. The first-order valence-corrected chi connectivity index (χ1v) is 5.90. The first-order chi connectivity index (χ1) is 8.08. The van der Waals surface area contributed by atoms with Crippen LogP contribution in [0.2, 0.25) is 0 Å². The largest absolute Gasteiger partial charge is 0.300 e. The van der Waals surface area contributed by atoms with Crippen molar-refractivity contribution in [1.82, 2.24) is 0 Å². The molecule has 17 heavy (non-hydrogen) atoms. The number of Topliss-reactive ketones (excluding diaryl/α,β-unsaturated/α-hetero) is 2. The van der Waals surface area contributed by atoms with Crippen molar-refractivity contribution in [2.24, 2.45) is 5.92 Å². The molecule has 2 nitrogen and oxygen atoms in total. The maximum atomic E-state index is 13.6. The molecule has 1 aromatic rings. The molecule has 90 valence electrons. The molecular formula is C14H15FO2. The Morgan fingerprint density at radius 2 is 2.18 bits per heavy atom. The first kappa shape index (κ1) is 12.0. The van der Waals surface area contributed by atoms with E-state index in [1.54, 1.807) is 12.1 Å². The summed E-state index contributed by atoms with van der Waals surface area (Å²) in [4.78, 5) is 23.4. The van der Waals surface area contributed by atoms with E-state index in [0.717, 1.165) is 12.0 Å². The SMILES string of the molecule is Cc1ccc(F)c(C(=O)C2CCCC(=O)C2)c1. The standard InChI is InChI=1S/C14H15FO2/c1-9-5-6-13(15)12(7-9)14(17)10-3-2-4-11(16)8-10/h5-7,10H,2-4,8H2,1H3. The van der Waals surface area contributed by atoms with Crippen molar-refractivity contribution in [3.63, 3.8) is 0 Å². The third-order valence-corrected chi connectivity index (χ3v) is 3.24. The summed E-state index contributed by atoms with van der Waals surface area (Å²) in [5, 5.41) is 0. The minimum atomic E-state index is -0.487. The van der Waals surface area contributed by atoms with Gasteiger partial charge < -0.3 is 0 Å². The van der Waals surface area contributed by atoms with Crippen LogP contribution in [-0.4, -0.2) is 11.6 Å². The third kappa shape index (κ3) is 2.60. The molecule has 0 spiro atoms. The lowest BCUT2D eigenvalue weighted by molar-refractivity contribution is -0.121. The van der Waals surface area contributed by atoms with Gasteiger partial charge in [0.15, 0.2) is 5.78 Å². The lowest BCUT2D eigenvalue weighted by Crippen LogP contribution is -2.23. The minimum absolute atomic E-state index is 0.114. The monoisotopic (exact) mass is 234 g/mol. The van der Waals surface area contributed by atoms with Gasteiger partial charge in [-0.2, -0.15) is 0 Å². The van der Waals surface area contributed by atoms with E-state index in [0.29, 0.717) is 12.8 Å². The molecular weight excluding hydrogens is 219 g/mol. The van der Waals surface area contributed by atoms with E-state index < -0.39 is 5.82 Å². The summed E-state index contributed by atoms with van der Waals surface area (Å²) in [6.07, 6.45) is 2.26. The van der Waals surface area contributed by atoms with E-state index in [4.69, 9.17) is 0 Å². The highest BCUT2D eigenvalue weighted by molar-refractivity contribution is 6.00. The number of rotatable bonds is 2. The molecule has 0 N–H and O–H groups in total. The summed E-state index contributed by atoms with van der Waals surface area (Å²) in [5.74, 6) is -0.923.